The molecule has 1 amide bonds. The minimum Gasteiger partial charge on any atom is -0.494 e. The van der Waals surface area contributed by atoms with Gasteiger partial charge in [0.1, 0.15) is 11.5 Å². The van der Waals surface area contributed by atoms with Crippen LogP contribution in [0.4, 0.5) is 5.69 Å². The second-order valence-corrected chi connectivity index (χ2v) is 5.26. The van der Waals surface area contributed by atoms with Gasteiger partial charge in [0.15, 0.2) is 0 Å². The molecule has 1 aromatic carbocycles. The molecule has 22 heavy (non-hydrogen) atoms. The van der Waals surface area contributed by atoms with E-state index in [1.54, 1.807) is 0 Å². The Balaban J connectivity index is 2.87. The lowest BCUT2D eigenvalue weighted by atomic mass is 9.98. The lowest BCUT2D eigenvalue weighted by molar-refractivity contribution is -0.120. The molecule has 0 fully saturated rings. The summed E-state index contributed by atoms with van der Waals surface area (Å²) in [6, 6.07) is 5.54. The Morgan fingerprint density at radius 1 is 1.14 bits per heavy atom. The van der Waals surface area contributed by atoms with Gasteiger partial charge in [-0.05, 0) is 38.8 Å². The molecule has 1 aromatic rings. The summed E-state index contributed by atoms with van der Waals surface area (Å²) in [6.07, 6.45) is 3.95. The molecule has 0 unspecified atom stereocenters. The number of benzene rings is 1. The highest BCUT2D eigenvalue weighted by molar-refractivity contribution is 5.94. The van der Waals surface area contributed by atoms with E-state index in [9.17, 15) is 4.79 Å². The molecule has 0 aliphatic heterocycles. The largest absolute Gasteiger partial charge is 0.494 e. The molecule has 0 heterocycles. The van der Waals surface area contributed by atoms with Crippen LogP contribution in [-0.2, 0) is 4.79 Å². The maximum Gasteiger partial charge on any atom is 0.227 e. The molecule has 4 heteroatoms. The number of carbonyl (C=O) groups is 1. The molecule has 0 aromatic heterocycles. The van der Waals surface area contributed by atoms with E-state index in [1.807, 2.05) is 32.0 Å². The van der Waals surface area contributed by atoms with Crippen LogP contribution in [0, 0.1) is 5.92 Å². The van der Waals surface area contributed by atoms with Crippen LogP contribution in [0.2, 0.25) is 0 Å². The fourth-order valence-electron chi connectivity index (χ4n) is 2.35. The van der Waals surface area contributed by atoms with Crippen LogP contribution < -0.4 is 14.8 Å². The number of hydrogen-bond donors (Lipinski definition) is 1. The molecular formula is C18H29NO3. The molecule has 0 aliphatic carbocycles. The quantitative estimate of drug-likeness (QED) is 0.685. The number of carbonyl (C=O) groups excluding carboxylic acids is 1. The number of anilines is 1. The predicted molar refractivity (Wildman–Crippen MR) is 90.7 cm³/mol. The summed E-state index contributed by atoms with van der Waals surface area (Å²) in [5.74, 6) is 1.53. The van der Waals surface area contributed by atoms with Crippen molar-refractivity contribution in [3.05, 3.63) is 18.2 Å². The van der Waals surface area contributed by atoms with Crippen LogP contribution in [0.1, 0.15) is 53.4 Å². The van der Waals surface area contributed by atoms with Gasteiger partial charge in [0, 0.05) is 12.0 Å². The summed E-state index contributed by atoms with van der Waals surface area (Å²) >= 11 is 0. The molecule has 0 radical (unpaired) electrons. The van der Waals surface area contributed by atoms with Crippen LogP contribution in [-0.4, -0.2) is 19.1 Å². The van der Waals surface area contributed by atoms with Gasteiger partial charge in [-0.1, -0.05) is 26.7 Å². The van der Waals surface area contributed by atoms with Crippen LogP contribution in [0.15, 0.2) is 18.2 Å². The van der Waals surface area contributed by atoms with Crippen LogP contribution in [0.25, 0.3) is 0 Å². The van der Waals surface area contributed by atoms with Crippen molar-refractivity contribution in [3.63, 3.8) is 0 Å². The Bertz CT molecular complexity index is 460. The van der Waals surface area contributed by atoms with Crippen molar-refractivity contribution >= 4 is 11.6 Å². The van der Waals surface area contributed by atoms with Gasteiger partial charge in [-0.25, -0.2) is 0 Å². The number of amides is 1. The first-order valence-electron chi connectivity index (χ1n) is 8.36. The summed E-state index contributed by atoms with van der Waals surface area (Å²) in [4.78, 5) is 12.5. The number of ether oxygens (including phenoxy) is 2. The molecule has 124 valence electrons. The van der Waals surface area contributed by atoms with Gasteiger partial charge < -0.3 is 14.8 Å². The fraction of sp³-hybridized carbons (Fsp3) is 0.611. The maximum absolute atomic E-state index is 12.5. The Kier molecular flexibility index (Phi) is 8.41. The molecular weight excluding hydrogens is 278 g/mol. The minimum atomic E-state index is 0.0465. The zero-order valence-corrected chi connectivity index (χ0v) is 14.3. The molecule has 0 aliphatic rings. The molecule has 0 saturated carbocycles. The van der Waals surface area contributed by atoms with Crippen molar-refractivity contribution in [1.29, 1.82) is 0 Å². The van der Waals surface area contributed by atoms with Crippen molar-refractivity contribution in [3.8, 4) is 11.5 Å². The van der Waals surface area contributed by atoms with Gasteiger partial charge >= 0.3 is 0 Å². The van der Waals surface area contributed by atoms with Crippen molar-refractivity contribution in [1.82, 2.24) is 0 Å². The second kappa shape index (κ2) is 10.1. The van der Waals surface area contributed by atoms with E-state index in [1.165, 1.54) is 0 Å². The minimum absolute atomic E-state index is 0.0465. The average molecular weight is 307 g/mol. The van der Waals surface area contributed by atoms with E-state index < -0.39 is 0 Å². The third-order valence-electron chi connectivity index (χ3n) is 3.59. The van der Waals surface area contributed by atoms with E-state index in [0.29, 0.717) is 24.7 Å². The number of hydrogen-bond acceptors (Lipinski definition) is 3. The molecule has 0 bridgehead atoms. The lowest BCUT2D eigenvalue weighted by Crippen LogP contribution is -2.22. The van der Waals surface area contributed by atoms with Crippen LogP contribution in [0.3, 0.4) is 0 Å². The van der Waals surface area contributed by atoms with Crippen molar-refractivity contribution in [2.45, 2.75) is 53.4 Å². The van der Waals surface area contributed by atoms with E-state index >= 15 is 0 Å². The highest BCUT2D eigenvalue weighted by Gasteiger charge is 2.18. The Hall–Kier alpha value is -1.71. The van der Waals surface area contributed by atoms with Crippen molar-refractivity contribution in [2.24, 2.45) is 5.92 Å². The monoisotopic (exact) mass is 307 g/mol. The third-order valence-corrected chi connectivity index (χ3v) is 3.59. The van der Waals surface area contributed by atoms with Gasteiger partial charge in [0.2, 0.25) is 5.91 Å². The normalized spacial score (nSPS) is 11.8. The molecule has 0 spiro atoms. The van der Waals surface area contributed by atoms with E-state index in [0.717, 1.165) is 31.4 Å². The third kappa shape index (κ3) is 5.58. The standard InChI is InChI=1S/C18H29NO3/c1-5-9-10-14(6-2)18(20)19-16-13-15(21-7-3)11-12-17(16)22-8-4/h11-14H,5-10H2,1-4H3,(H,19,20)/t14-/m1/s1. The molecule has 1 rings (SSSR count). The number of rotatable bonds is 10. The van der Waals surface area contributed by atoms with Crippen LogP contribution in [0.5, 0.6) is 11.5 Å². The first kappa shape index (κ1) is 18.3. The SMILES string of the molecule is CCCC[C@@H](CC)C(=O)Nc1cc(OCC)ccc1OCC. The zero-order valence-electron chi connectivity index (χ0n) is 14.3. The topological polar surface area (TPSA) is 47.6 Å². The summed E-state index contributed by atoms with van der Waals surface area (Å²) in [7, 11) is 0. The Labute approximate surface area is 134 Å². The first-order chi connectivity index (χ1) is 10.7. The Morgan fingerprint density at radius 3 is 2.45 bits per heavy atom. The van der Waals surface area contributed by atoms with E-state index in [-0.39, 0.29) is 11.8 Å². The summed E-state index contributed by atoms with van der Waals surface area (Å²) in [6.45, 7) is 9.22. The number of nitrogens with one attached hydrogen (secondary N) is 1. The molecule has 4 nitrogen and oxygen atoms in total. The first-order valence-corrected chi connectivity index (χ1v) is 8.36. The Morgan fingerprint density at radius 2 is 1.86 bits per heavy atom. The van der Waals surface area contributed by atoms with Gasteiger partial charge in [0.05, 0.1) is 18.9 Å². The average Bonchev–Trinajstić information content (AvgIpc) is 2.51. The van der Waals surface area contributed by atoms with Crippen molar-refractivity contribution in [2.75, 3.05) is 18.5 Å². The van der Waals surface area contributed by atoms with Gasteiger partial charge in [-0.15, -0.1) is 0 Å². The maximum atomic E-state index is 12.5. The predicted octanol–water partition coefficient (Wildman–Crippen LogP) is 4.64. The number of unbranched alkanes of at least 4 members (excludes halogenated alkanes) is 1. The summed E-state index contributed by atoms with van der Waals surface area (Å²) in [5, 5.41) is 3.01. The van der Waals surface area contributed by atoms with Gasteiger partial charge in [-0.2, -0.15) is 0 Å². The van der Waals surface area contributed by atoms with Crippen LogP contribution >= 0.6 is 0 Å². The van der Waals surface area contributed by atoms with E-state index in [4.69, 9.17) is 9.47 Å². The highest BCUT2D eigenvalue weighted by atomic mass is 16.5. The molecule has 1 atom stereocenters. The van der Waals surface area contributed by atoms with Gasteiger partial charge in [-0.3, -0.25) is 4.79 Å². The molecule has 0 saturated heterocycles. The van der Waals surface area contributed by atoms with Crippen molar-refractivity contribution < 1.29 is 14.3 Å². The summed E-state index contributed by atoms with van der Waals surface area (Å²) in [5.41, 5.74) is 0.688. The zero-order chi connectivity index (χ0) is 16.4. The van der Waals surface area contributed by atoms with E-state index in [2.05, 4.69) is 19.2 Å². The summed E-state index contributed by atoms with van der Waals surface area (Å²) < 4.78 is 11.1. The fourth-order valence-corrected chi connectivity index (χ4v) is 2.35. The van der Waals surface area contributed by atoms with Gasteiger partial charge in [0.25, 0.3) is 0 Å². The second-order valence-electron chi connectivity index (χ2n) is 5.26. The molecule has 1 N–H and O–H groups in total. The highest BCUT2D eigenvalue weighted by Crippen LogP contribution is 2.30. The smallest absolute Gasteiger partial charge is 0.227 e. The lowest BCUT2D eigenvalue weighted by Gasteiger charge is -2.17.